The Morgan fingerprint density at radius 1 is 1.50 bits per heavy atom. The minimum absolute atomic E-state index is 0.0712. The van der Waals surface area contributed by atoms with E-state index in [0.717, 1.165) is 6.20 Å². The van der Waals surface area contributed by atoms with Crippen LogP contribution in [0.1, 0.15) is 0 Å². The lowest BCUT2D eigenvalue weighted by atomic mass is 10.5. The van der Waals surface area contributed by atoms with E-state index < -0.39 is 5.82 Å². The SMILES string of the molecule is COc1ncc(F)c(-n2cccn2)n1. The molecule has 0 aliphatic heterocycles. The quantitative estimate of drug-likeness (QED) is 0.709. The van der Waals surface area contributed by atoms with Crippen molar-refractivity contribution >= 4 is 0 Å². The number of hydrogen-bond donors (Lipinski definition) is 0. The van der Waals surface area contributed by atoms with Gasteiger partial charge in [0, 0.05) is 12.4 Å². The number of halogens is 1. The van der Waals surface area contributed by atoms with E-state index in [1.54, 1.807) is 12.3 Å². The molecule has 0 saturated carbocycles. The highest BCUT2D eigenvalue weighted by Crippen LogP contribution is 2.11. The van der Waals surface area contributed by atoms with Crippen molar-refractivity contribution in [2.24, 2.45) is 0 Å². The van der Waals surface area contributed by atoms with Gasteiger partial charge in [0.1, 0.15) is 0 Å². The summed E-state index contributed by atoms with van der Waals surface area (Å²) in [6.45, 7) is 0. The molecule has 2 aromatic rings. The molecule has 2 aromatic heterocycles. The fourth-order valence-electron chi connectivity index (χ4n) is 0.996. The van der Waals surface area contributed by atoms with Crippen LogP contribution in [0, 0.1) is 5.82 Å². The van der Waals surface area contributed by atoms with E-state index in [2.05, 4.69) is 15.1 Å². The molecule has 0 aliphatic rings. The molecule has 0 amide bonds. The first-order valence-corrected chi connectivity index (χ1v) is 3.88. The third-order valence-corrected chi connectivity index (χ3v) is 1.61. The van der Waals surface area contributed by atoms with Crippen molar-refractivity contribution in [1.29, 1.82) is 0 Å². The average molecular weight is 194 g/mol. The Morgan fingerprint density at radius 3 is 3.00 bits per heavy atom. The van der Waals surface area contributed by atoms with Gasteiger partial charge < -0.3 is 4.74 Å². The lowest BCUT2D eigenvalue weighted by molar-refractivity contribution is 0.375. The standard InChI is InChI=1S/C8H7FN4O/c1-14-8-10-5-6(9)7(12-8)13-4-2-3-11-13/h2-5H,1H3. The Kier molecular flexibility index (Phi) is 2.10. The summed E-state index contributed by atoms with van der Waals surface area (Å²) in [5.74, 6) is -0.476. The van der Waals surface area contributed by atoms with Gasteiger partial charge in [-0.3, -0.25) is 0 Å². The summed E-state index contributed by atoms with van der Waals surface area (Å²) in [4.78, 5) is 7.44. The topological polar surface area (TPSA) is 52.8 Å². The molecule has 0 spiro atoms. The van der Waals surface area contributed by atoms with E-state index in [1.807, 2.05) is 0 Å². The van der Waals surface area contributed by atoms with Crippen molar-refractivity contribution in [2.75, 3.05) is 7.11 Å². The molecule has 6 heteroatoms. The molecule has 5 nitrogen and oxygen atoms in total. The number of ether oxygens (including phenoxy) is 1. The minimum atomic E-state index is -0.547. The summed E-state index contributed by atoms with van der Waals surface area (Å²) in [5.41, 5.74) is 0. The lowest BCUT2D eigenvalue weighted by Crippen LogP contribution is -2.04. The molecule has 0 saturated heterocycles. The van der Waals surface area contributed by atoms with Crippen molar-refractivity contribution < 1.29 is 9.13 Å². The van der Waals surface area contributed by atoms with E-state index in [9.17, 15) is 4.39 Å². The second-order valence-electron chi connectivity index (χ2n) is 2.48. The van der Waals surface area contributed by atoms with Crippen LogP contribution in [-0.2, 0) is 0 Å². The van der Waals surface area contributed by atoms with Gasteiger partial charge in [-0.15, -0.1) is 0 Å². The molecule has 72 valence electrons. The van der Waals surface area contributed by atoms with Gasteiger partial charge in [-0.2, -0.15) is 10.1 Å². The van der Waals surface area contributed by atoms with Gasteiger partial charge in [0.2, 0.25) is 0 Å². The fraction of sp³-hybridized carbons (Fsp3) is 0.125. The summed E-state index contributed by atoms with van der Waals surface area (Å²) in [6, 6.07) is 1.78. The predicted molar refractivity (Wildman–Crippen MR) is 45.7 cm³/mol. The molecular weight excluding hydrogens is 187 g/mol. The van der Waals surface area contributed by atoms with E-state index in [0.29, 0.717) is 0 Å². The van der Waals surface area contributed by atoms with Gasteiger partial charge in [-0.25, -0.2) is 14.1 Å². The van der Waals surface area contributed by atoms with Gasteiger partial charge >= 0.3 is 6.01 Å². The number of nitrogens with zero attached hydrogens (tertiary/aromatic N) is 4. The summed E-state index contributed by atoms with van der Waals surface area (Å²) >= 11 is 0. The normalized spacial score (nSPS) is 10.1. The molecule has 2 rings (SSSR count). The number of aromatic nitrogens is 4. The van der Waals surface area contributed by atoms with Crippen LogP contribution in [0.4, 0.5) is 4.39 Å². The predicted octanol–water partition coefficient (Wildman–Crippen LogP) is 0.810. The van der Waals surface area contributed by atoms with Crippen LogP contribution in [0.15, 0.2) is 24.7 Å². The molecule has 0 bridgehead atoms. The van der Waals surface area contributed by atoms with Crippen LogP contribution in [-0.4, -0.2) is 26.9 Å². The Bertz CT molecular complexity index is 429. The Morgan fingerprint density at radius 2 is 2.36 bits per heavy atom. The molecule has 0 aliphatic carbocycles. The zero-order valence-corrected chi connectivity index (χ0v) is 7.38. The van der Waals surface area contributed by atoms with Gasteiger partial charge in [0.15, 0.2) is 11.6 Å². The van der Waals surface area contributed by atoms with Crippen LogP contribution in [0.2, 0.25) is 0 Å². The first-order chi connectivity index (χ1) is 6.81. The maximum atomic E-state index is 13.2. The molecule has 14 heavy (non-hydrogen) atoms. The van der Waals surface area contributed by atoms with Crippen molar-refractivity contribution in [3.63, 3.8) is 0 Å². The highest BCUT2D eigenvalue weighted by atomic mass is 19.1. The summed E-state index contributed by atoms with van der Waals surface area (Å²) in [6.07, 6.45) is 4.17. The Balaban J connectivity index is 2.51. The van der Waals surface area contributed by atoms with E-state index >= 15 is 0 Å². The van der Waals surface area contributed by atoms with Crippen LogP contribution >= 0.6 is 0 Å². The van der Waals surface area contributed by atoms with E-state index in [-0.39, 0.29) is 11.8 Å². The third-order valence-electron chi connectivity index (χ3n) is 1.61. The smallest absolute Gasteiger partial charge is 0.318 e. The van der Waals surface area contributed by atoms with Gasteiger partial charge in [0.05, 0.1) is 13.3 Å². The van der Waals surface area contributed by atoms with Gasteiger partial charge in [-0.05, 0) is 6.07 Å². The van der Waals surface area contributed by atoms with Crippen LogP contribution < -0.4 is 4.74 Å². The molecule has 0 atom stereocenters. The minimum Gasteiger partial charge on any atom is -0.467 e. The highest BCUT2D eigenvalue weighted by molar-refractivity contribution is 5.23. The van der Waals surface area contributed by atoms with Crippen LogP contribution in [0.3, 0.4) is 0 Å². The molecule has 0 aromatic carbocycles. The zero-order valence-electron chi connectivity index (χ0n) is 7.38. The average Bonchev–Trinajstić information content (AvgIpc) is 2.71. The van der Waals surface area contributed by atoms with Crippen molar-refractivity contribution in [3.8, 4) is 11.8 Å². The number of hydrogen-bond acceptors (Lipinski definition) is 4. The number of methoxy groups -OCH3 is 1. The lowest BCUT2D eigenvalue weighted by Gasteiger charge is -2.02. The molecule has 0 fully saturated rings. The highest BCUT2D eigenvalue weighted by Gasteiger charge is 2.08. The van der Waals surface area contributed by atoms with Crippen molar-refractivity contribution in [3.05, 3.63) is 30.5 Å². The summed E-state index contributed by atoms with van der Waals surface area (Å²) < 4.78 is 19.3. The fourth-order valence-corrected chi connectivity index (χ4v) is 0.996. The zero-order chi connectivity index (χ0) is 9.97. The second-order valence-corrected chi connectivity index (χ2v) is 2.48. The monoisotopic (exact) mass is 194 g/mol. The first-order valence-electron chi connectivity index (χ1n) is 3.88. The second kappa shape index (κ2) is 3.41. The first kappa shape index (κ1) is 8.61. The number of rotatable bonds is 2. The Labute approximate surface area is 79.2 Å². The molecule has 0 unspecified atom stereocenters. The molecule has 0 N–H and O–H groups in total. The maximum Gasteiger partial charge on any atom is 0.318 e. The van der Waals surface area contributed by atoms with Crippen molar-refractivity contribution in [2.45, 2.75) is 0 Å². The maximum absolute atomic E-state index is 13.2. The molecular formula is C8H7FN4O. The van der Waals surface area contributed by atoms with Gasteiger partial charge in [-0.1, -0.05) is 0 Å². The van der Waals surface area contributed by atoms with Crippen molar-refractivity contribution in [1.82, 2.24) is 19.7 Å². The molecule has 0 radical (unpaired) electrons. The summed E-state index contributed by atoms with van der Waals surface area (Å²) in [5, 5.41) is 3.85. The molecule has 2 heterocycles. The van der Waals surface area contributed by atoms with E-state index in [4.69, 9.17) is 4.74 Å². The van der Waals surface area contributed by atoms with E-state index in [1.165, 1.54) is 18.0 Å². The van der Waals surface area contributed by atoms with Crippen LogP contribution in [0.5, 0.6) is 6.01 Å². The Hall–Kier alpha value is -1.98. The van der Waals surface area contributed by atoms with Gasteiger partial charge in [0.25, 0.3) is 0 Å². The van der Waals surface area contributed by atoms with Crippen LogP contribution in [0.25, 0.3) is 5.82 Å². The third kappa shape index (κ3) is 1.41. The largest absolute Gasteiger partial charge is 0.467 e. The summed E-state index contributed by atoms with van der Waals surface area (Å²) in [7, 11) is 1.42.